The molecule has 118 valence electrons. The van der Waals surface area contributed by atoms with Gasteiger partial charge in [0.15, 0.2) is 0 Å². The summed E-state index contributed by atoms with van der Waals surface area (Å²) in [6.45, 7) is 1.89. The van der Waals surface area contributed by atoms with Gasteiger partial charge in [-0.2, -0.15) is 0 Å². The number of amides is 1. The zero-order valence-corrected chi connectivity index (χ0v) is 12.9. The lowest BCUT2D eigenvalue weighted by Crippen LogP contribution is -2.38. The van der Waals surface area contributed by atoms with Crippen molar-refractivity contribution < 1.29 is 22.7 Å². The molecular formula is C15H17NO5S. The van der Waals surface area contributed by atoms with Crippen molar-refractivity contribution in [1.82, 2.24) is 4.31 Å². The van der Waals surface area contributed by atoms with Crippen LogP contribution in [0.15, 0.2) is 42.6 Å². The van der Waals surface area contributed by atoms with Crippen LogP contribution >= 0.6 is 0 Å². The van der Waals surface area contributed by atoms with E-state index in [1.807, 2.05) is 30.3 Å². The minimum absolute atomic E-state index is 0.157. The Balaban J connectivity index is 2.34. The molecule has 1 aromatic carbocycles. The second-order valence-corrected chi connectivity index (χ2v) is 5.72. The predicted octanol–water partition coefficient (Wildman–Crippen LogP) is 1.22. The van der Waals surface area contributed by atoms with Gasteiger partial charge in [0.05, 0.1) is 18.9 Å². The fourth-order valence-corrected chi connectivity index (χ4v) is 2.97. The number of esters is 1. The van der Waals surface area contributed by atoms with E-state index in [-0.39, 0.29) is 18.9 Å². The summed E-state index contributed by atoms with van der Waals surface area (Å²) < 4.78 is 27.8. The Labute approximate surface area is 130 Å². The number of carbonyl (C=O) groups excluding carboxylic acids is 2. The lowest BCUT2D eigenvalue weighted by atomic mass is 9.82. The molecule has 0 bridgehead atoms. The van der Waals surface area contributed by atoms with Crippen molar-refractivity contribution in [2.24, 2.45) is 5.92 Å². The topological polar surface area (TPSA) is 80.8 Å². The van der Waals surface area contributed by atoms with Crippen LogP contribution in [0.25, 0.3) is 0 Å². The van der Waals surface area contributed by atoms with Gasteiger partial charge in [-0.15, -0.1) is 0 Å². The molecule has 0 fully saturated rings. The van der Waals surface area contributed by atoms with E-state index >= 15 is 0 Å². The number of nitrogens with zero attached hydrogens (tertiary/aromatic N) is 1. The first-order valence-corrected chi connectivity index (χ1v) is 8.04. The summed E-state index contributed by atoms with van der Waals surface area (Å²) in [6.07, 6.45) is 2.72. The lowest BCUT2D eigenvalue weighted by molar-refractivity contribution is -0.147. The molecular weight excluding hydrogens is 306 g/mol. The van der Waals surface area contributed by atoms with Crippen LogP contribution in [-0.4, -0.2) is 31.2 Å². The molecule has 7 heteroatoms. The van der Waals surface area contributed by atoms with E-state index in [0.29, 0.717) is 4.31 Å². The van der Waals surface area contributed by atoms with Gasteiger partial charge in [-0.1, -0.05) is 36.4 Å². The molecule has 1 aliphatic rings. The molecule has 1 amide bonds. The van der Waals surface area contributed by atoms with Crippen LogP contribution in [0.4, 0.5) is 0 Å². The molecule has 0 aromatic heterocycles. The first kappa shape index (κ1) is 16.2. The highest BCUT2D eigenvalue weighted by Gasteiger charge is 2.37. The number of benzene rings is 1. The molecule has 0 radical (unpaired) electrons. The number of rotatable bonds is 5. The standard InChI is InChI=1S/C15H17NO5S/c1-2-21-14(17)10-13-12(11-6-4-3-5-7-11)8-9-16(15(13)18)22(19)20/h3-9,12-13,22H,2,10H2,1H3/t12-,13+/m1/s1. The number of thiol groups is 1. The van der Waals surface area contributed by atoms with Gasteiger partial charge in [0.2, 0.25) is 16.8 Å². The molecule has 0 saturated heterocycles. The highest BCUT2D eigenvalue weighted by Crippen LogP contribution is 2.34. The Morgan fingerprint density at radius 2 is 1.95 bits per heavy atom. The number of hydrogen-bond acceptors (Lipinski definition) is 5. The Morgan fingerprint density at radius 1 is 1.27 bits per heavy atom. The van der Waals surface area contributed by atoms with Gasteiger partial charge in [-0.25, -0.2) is 12.7 Å². The Bertz CT molecular complexity index is 645. The molecule has 6 nitrogen and oxygen atoms in total. The molecule has 1 aliphatic heterocycles. The summed E-state index contributed by atoms with van der Waals surface area (Å²) in [7, 11) is -3.06. The lowest BCUT2D eigenvalue weighted by Gasteiger charge is -2.30. The second-order valence-electron chi connectivity index (χ2n) is 4.81. The summed E-state index contributed by atoms with van der Waals surface area (Å²) in [5, 5.41) is 0. The Morgan fingerprint density at radius 3 is 2.55 bits per heavy atom. The maximum Gasteiger partial charge on any atom is 0.306 e. The van der Waals surface area contributed by atoms with E-state index in [9.17, 15) is 18.0 Å². The molecule has 0 N–H and O–H groups in total. The first-order chi connectivity index (χ1) is 10.5. The van der Waals surface area contributed by atoms with Crippen LogP contribution in [0, 0.1) is 5.92 Å². The van der Waals surface area contributed by atoms with E-state index in [2.05, 4.69) is 0 Å². The fourth-order valence-electron chi connectivity index (χ4n) is 2.47. The zero-order chi connectivity index (χ0) is 16.1. The van der Waals surface area contributed by atoms with Crippen LogP contribution in [0.3, 0.4) is 0 Å². The number of allylic oxidation sites excluding steroid dienone is 1. The molecule has 0 unspecified atom stereocenters. The molecule has 0 spiro atoms. The largest absolute Gasteiger partial charge is 0.466 e. The first-order valence-electron chi connectivity index (χ1n) is 6.90. The average molecular weight is 323 g/mol. The summed E-state index contributed by atoms with van der Waals surface area (Å²) >= 11 is 0. The van der Waals surface area contributed by atoms with Crippen LogP contribution < -0.4 is 0 Å². The van der Waals surface area contributed by atoms with Gasteiger partial charge in [-0.3, -0.25) is 9.59 Å². The highest BCUT2D eigenvalue weighted by molar-refractivity contribution is 7.70. The molecule has 1 heterocycles. The van der Waals surface area contributed by atoms with Gasteiger partial charge >= 0.3 is 5.97 Å². The minimum atomic E-state index is -3.06. The normalized spacial score (nSPS) is 21.2. The number of hydrogen-bond donors (Lipinski definition) is 1. The molecule has 2 rings (SSSR count). The van der Waals surface area contributed by atoms with E-state index in [4.69, 9.17) is 4.74 Å². The van der Waals surface area contributed by atoms with Crippen molar-refractivity contribution in [2.75, 3.05) is 6.61 Å². The minimum Gasteiger partial charge on any atom is -0.466 e. The Kier molecular flexibility index (Phi) is 5.32. The summed E-state index contributed by atoms with van der Waals surface area (Å²) in [5.74, 6) is -2.28. The van der Waals surface area contributed by atoms with Crippen molar-refractivity contribution >= 4 is 22.8 Å². The van der Waals surface area contributed by atoms with Crippen molar-refractivity contribution in [3.63, 3.8) is 0 Å². The number of ether oxygens (including phenoxy) is 1. The average Bonchev–Trinajstić information content (AvgIpc) is 2.50. The summed E-state index contributed by atoms with van der Waals surface area (Å²) in [6, 6.07) is 9.19. The quantitative estimate of drug-likeness (QED) is 0.651. The van der Waals surface area contributed by atoms with Crippen LogP contribution in [-0.2, 0) is 25.2 Å². The summed E-state index contributed by atoms with van der Waals surface area (Å²) in [5.41, 5.74) is 0.849. The number of carbonyl (C=O) groups is 2. The van der Waals surface area contributed by atoms with Gasteiger partial charge in [0.25, 0.3) is 0 Å². The molecule has 2 atom stereocenters. The monoisotopic (exact) mass is 323 g/mol. The van der Waals surface area contributed by atoms with Crippen molar-refractivity contribution in [2.45, 2.75) is 19.3 Å². The predicted molar refractivity (Wildman–Crippen MR) is 80.2 cm³/mol. The maximum atomic E-state index is 12.4. The van der Waals surface area contributed by atoms with Crippen molar-refractivity contribution in [3.05, 3.63) is 48.2 Å². The Hall–Kier alpha value is -2.15. The van der Waals surface area contributed by atoms with Crippen LogP contribution in [0.5, 0.6) is 0 Å². The zero-order valence-electron chi connectivity index (χ0n) is 12.0. The van der Waals surface area contributed by atoms with Gasteiger partial charge in [0.1, 0.15) is 0 Å². The van der Waals surface area contributed by atoms with E-state index < -0.39 is 28.7 Å². The SMILES string of the molecule is CCOC(=O)C[C@@H]1C(=O)N([SH](=O)=O)C=C[C@@H]1c1ccccc1. The third-order valence-corrected chi connectivity index (χ3v) is 4.15. The van der Waals surface area contributed by atoms with Crippen molar-refractivity contribution in [1.29, 1.82) is 0 Å². The molecule has 1 aromatic rings. The third-order valence-electron chi connectivity index (χ3n) is 3.46. The van der Waals surface area contributed by atoms with Crippen LogP contribution in [0.1, 0.15) is 24.8 Å². The molecule has 22 heavy (non-hydrogen) atoms. The summed E-state index contributed by atoms with van der Waals surface area (Å²) in [4.78, 5) is 24.1. The maximum absolute atomic E-state index is 12.4. The van der Waals surface area contributed by atoms with Crippen LogP contribution in [0.2, 0.25) is 0 Å². The fraction of sp³-hybridized carbons (Fsp3) is 0.333. The molecule has 0 aliphatic carbocycles. The van der Waals surface area contributed by atoms with E-state index in [1.54, 1.807) is 13.0 Å². The highest BCUT2D eigenvalue weighted by atomic mass is 32.2. The van der Waals surface area contributed by atoms with E-state index in [0.717, 1.165) is 5.56 Å². The smallest absolute Gasteiger partial charge is 0.306 e. The second kappa shape index (κ2) is 7.22. The molecule has 0 saturated carbocycles. The van der Waals surface area contributed by atoms with Gasteiger partial charge in [0, 0.05) is 12.1 Å². The van der Waals surface area contributed by atoms with Gasteiger partial charge < -0.3 is 4.74 Å². The van der Waals surface area contributed by atoms with Crippen molar-refractivity contribution in [3.8, 4) is 0 Å². The van der Waals surface area contributed by atoms with E-state index in [1.165, 1.54) is 6.20 Å². The van der Waals surface area contributed by atoms with Gasteiger partial charge in [-0.05, 0) is 12.5 Å². The third kappa shape index (κ3) is 3.54.